The molecule has 1 amide bonds. The molecule has 0 aromatic carbocycles. The van der Waals surface area contributed by atoms with Gasteiger partial charge in [-0.1, -0.05) is 6.07 Å². The number of rotatable bonds is 5. The van der Waals surface area contributed by atoms with Gasteiger partial charge in [0.1, 0.15) is 0 Å². The summed E-state index contributed by atoms with van der Waals surface area (Å²) in [4.78, 5) is 16.6. The first-order valence-electron chi connectivity index (χ1n) is 10.2. The monoisotopic (exact) mass is 424 g/mol. The minimum Gasteiger partial charge on any atom is -0.352 e. The Labute approximate surface area is 171 Å². The van der Waals surface area contributed by atoms with E-state index in [2.05, 4.69) is 10.3 Å². The molecule has 1 atom stereocenters. The van der Waals surface area contributed by atoms with E-state index in [-0.39, 0.29) is 18.4 Å². The summed E-state index contributed by atoms with van der Waals surface area (Å²) < 4.78 is 40.6. The summed E-state index contributed by atoms with van der Waals surface area (Å²) >= 11 is 0. The molecular weight excluding hydrogens is 396 g/mol. The number of hydrogen-bond acceptors (Lipinski definition) is 6. The Bertz CT molecular complexity index is 803. The Balaban J connectivity index is 1.33. The number of aromatic nitrogens is 1. The number of nitrogens with one attached hydrogen (secondary N) is 1. The first kappa shape index (κ1) is 20.7. The van der Waals surface area contributed by atoms with E-state index < -0.39 is 16.0 Å². The maximum atomic E-state index is 13.1. The zero-order valence-electron chi connectivity index (χ0n) is 16.5. The van der Waals surface area contributed by atoms with Crippen molar-refractivity contribution in [1.29, 1.82) is 0 Å². The molecular formula is C19H28N4O5S. The number of nitrogens with zero attached hydrogens (tertiary/aromatic N) is 3. The third kappa shape index (κ3) is 4.61. The lowest BCUT2D eigenvalue weighted by molar-refractivity contribution is -0.179. The third-order valence-electron chi connectivity index (χ3n) is 5.89. The summed E-state index contributed by atoms with van der Waals surface area (Å²) in [5.74, 6) is -1.06. The second-order valence-corrected chi connectivity index (χ2v) is 9.72. The SMILES string of the molecule is O=C(NCc1cccnc1)[C@@H]1CCCN(S(=O)(=O)N2CCC3(CC2)OCCO3)C1. The van der Waals surface area contributed by atoms with Crippen molar-refractivity contribution in [3.8, 4) is 0 Å². The molecule has 0 unspecified atom stereocenters. The minimum absolute atomic E-state index is 0.112. The van der Waals surface area contributed by atoms with Crippen molar-refractivity contribution in [2.75, 3.05) is 39.4 Å². The summed E-state index contributed by atoms with van der Waals surface area (Å²) in [6, 6.07) is 3.71. The first-order chi connectivity index (χ1) is 14.0. The van der Waals surface area contributed by atoms with Crippen LogP contribution in [0.2, 0.25) is 0 Å². The fourth-order valence-electron chi connectivity index (χ4n) is 4.21. The van der Waals surface area contributed by atoms with Gasteiger partial charge in [-0.25, -0.2) is 0 Å². The number of carbonyl (C=O) groups is 1. The molecule has 3 aliphatic rings. The fraction of sp³-hybridized carbons (Fsp3) is 0.684. The molecule has 0 aliphatic carbocycles. The molecule has 10 heteroatoms. The minimum atomic E-state index is -3.60. The molecule has 3 aliphatic heterocycles. The van der Waals surface area contributed by atoms with Gasteiger partial charge in [0, 0.05) is 58.0 Å². The first-order valence-corrected chi connectivity index (χ1v) is 11.6. The van der Waals surface area contributed by atoms with E-state index in [4.69, 9.17) is 9.47 Å². The van der Waals surface area contributed by atoms with Gasteiger partial charge in [0.15, 0.2) is 5.79 Å². The van der Waals surface area contributed by atoms with Gasteiger partial charge in [-0.2, -0.15) is 17.0 Å². The number of amides is 1. The Morgan fingerprint density at radius 1 is 1.21 bits per heavy atom. The van der Waals surface area contributed by atoms with Crippen LogP contribution in [0, 0.1) is 5.92 Å². The van der Waals surface area contributed by atoms with E-state index in [1.165, 1.54) is 8.61 Å². The van der Waals surface area contributed by atoms with Crippen molar-refractivity contribution in [1.82, 2.24) is 18.9 Å². The van der Waals surface area contributed by atoms with Crippen LogP contribution in [-0.2, 0) is 31.0 Å². The molecule has 4 heterocycles. The average molecular weight is 425 g/mol. The van der Waals surface area contributed by atoms with Gasteiger partial charge in [-0.05, 0) is 24.5 Å². The predicted octanol–water partition coefficient (Wildman–Crippen LogP) is 0.494. The molecule has 1 aromatic heterocycles. The summed E-state index contributed by atoms with van der Waals surface area (Å²) in [5, 5.41) is 2.91. The summed E-state index contributed by atoms with van der Waals surface area (Å²) in [6.45, 7) is 2.93. The van der Waals surface area contributed by atoms with Crippen LogP contribution in [-0.4, -0.2) is 73.1 Å². The smallest absolute Gasteiger partial charge is 0.282 e. The zero-order valence-corrected chi connectivity index (χ0v) is 17.3. The lowest BCUT2D eigenvalue weighted by atomic mass is 9.99. The van der Waals surface area contributed by atoms with Gasteiger partial charge in [-0.15, -0.1) is 0 Å². The van der Waals surface area contributed by atoms with E-state index >= 15 is 0 Å². The van der Waals surface area contributed by atoms with Crippen molar-refractivity contribution < 1.29 is 22.7 Å². The van der Waals surface area contributed by atoms with Gasteiger partial charge in [-0.3, -0.25) is 9.78 Å². The molecule has 4 rings (SSSR count). The number of pyridine rings is 1. The predicted molar refractivity (Wildman–Crippen MR) is 105 cm³/mol. The Kier molecular flexibility index (Phi) is 6.16. The topological polar surface area (TPSA) is 101 Å². The highest BCUT2D eigenvalue weighted by Crippen LogP contribution is 2.33. The normalized spacial score (nSPS) is 25.9. The van der Waals surface area contributed by atoms with Gasteiger partial charge >= 0.3 is 0 Å². The highest BCUT2D eigenvalue weighted by atomic mass is 32.2. The third-order valence-corrected chi connectivity index (χ3v) is 7.90. The maximum Gasteiger partial charge on any atom is 0.282 e. The lowest BCUT2D eigenvalue weighted by Crippen LogP contribution is -2.54. The second-order valence-electron chi connectivity index (χ2n) is 7.79. The fourth-order valence-corrected chi connectivity index (χ4v) is 5.91. The van der Waals surface area contributed by atoms with Gasteiger partial charge in [0.25, 0.3) is 10.2 Å². The molecule has 29 heavy (non-hydrogen) atoms. The van der Waals surface area contributed by atoms with Crippen molar-refractivity contribution in [2.45, 2.75) is 38.0 Å². The van der Waals surface area contributed by atoms with E-state index in [9.17, 15) is 13.2 Å². The Morgan fingerprint density at radius 3 is 2.66 bits per heavy atom. The maximum absolute atomic E-state index is 13.1. The van der Waals surface area contributed by atoms with Crippen LogP contribution >= 0.6 is 0 Å². The lowest BCUT2D eigenvalue weighted by Gasteiger charge is -2.40. The van der Waals surface area contributed by atoms with E-state index in [1.54, 1.807) is 12.4 Å². The number of hydrogen-bond donors (Lipinski definition) is 1. The molecule has 1 N–H and O–H groups in total. The van der Waals surface area contributed by atoms with Crippen molar-refractivity contribution in [3.05, 3.63) is 30.1 Å². The molecule has 3 fully saturated rings. The van der Waals surface area contributed by atoms with Crippen molar-refractivity contribution in [2.24, 2.45) is 5.92 Å². The summed E-state index contributed by atoms with van der Waals surface area (Å²) in [7, 11) is -3.60. The molecule has 9 nitrogen and oxygen atoms in total. The second kappa shape index (κ2) is 8.65. The van der Waals surface area contributed by atoms with Crippen LogP contribution in [0.4, 0.5) is 0 Å². The highest BCUT2D eigenvalue weighted by Gasteiger charge is 2.44. The molecule has 0 bridgehead atoms. The van der Waals surface area contributed by atoms with Crippen molar-refractivity contribution >= 4 is 16.1 Å². The van der Waals surface area contributed by atoms with Gasteiger partial charge in [0.05, 0.1) is 19.1 Å². The van der Waals surface area contributed by atoms with Crippen LogP contribution in [0.25, 0.3) is 0 Å². The van der Waals surface area contributed by atoms with Gasteiger partial charge in [0.2, 0.25) is 5.91 Å². The average Bonchev–Trinajstić information content (AvgIpc) is 3.21. The summed E-state index contributed by atoms with van der Waals surface area (Å²) in [6.07, 6.45) is 5.83. The van der Waals surface area contributed by atoms with Crippen molar-refractivity contribution in [3.63, 3.8) is 0 Å². The van der Waals surface area contributed by atoms with Crippen LogP contribution in [0.5, 0.6) is 0 Å². The highest BCUT2D eigenvalue weighted by molar-refractivity contribution is 7.86. The molecule has 0 saturated carbocycles. The van der Waals surface area contributed by atoms with Crippen LogP contribution in [0.3, 0.4) is 0 Å². The Hall–Kier alpha value is -1.59. The van der Waals surface area contributed by atoms with Crippen LogP contribution in [0.15, 0.2) is 24.5 Å². The number of piperidine rings is 2. The quantitative estimate of drug-likeness (QED) is 0.739. The number of ether oxygens (including phenoxy) is 2. The standard InChI is InChI=1S/C19H28N4O5S/c24-18(21-14-16-3-1-7-20-13-16)17-4-2-8-23(15-17)29(25,26)22-9-5-19(6-10-22)27-11-12-28-19/h1,3,7,13,17H,2,4-6,8-12,14-15H2,(H,21,24)/t17-/m1/s1. The largest absolute Gasteiger partial charge is 0.352 e. The Morgan fingerprint density at radius 2 is 1.97 bits per heavy atom. The van der Waals surface area contributed by atoms with E-state index in [1.807, 2.05) is 12.1 Å². The van der Waals surface area contributed by atoms with Gasteiger partial charge < -0.3 is 14.8 Å². The van der Waals surface area contributed by atoms with E-state index in [0.29, 0.717) is 65.1 Å². The van der Waals surface area contributed by atoms with Crippen LogP contribution < -0.4 is 5.32 Å². The molecule has 3 saturated heterocycles. The molecule has 1 spiro atoms. The summed E-state index contributed by atoms with van der Waals surface area (Å²) in [5.41, 5.74) is 0.916. The molecule has 0 radical (unpaired) electrons. The zero-order chi connectivity index (χ0) is 20.3. The number of carbonyl (C=O) groups excluding carboxylic acids is 1. The molecule has 160 valence electrons. The van der Waals surface area contributed by atoms with E-state index in [0.717, 1.165) is 5.56 Å². The van der Waals surface area contributed by atoms with Crippen LogP contribution in [0.1, 0.15) is 31.2 Å². The molecule has 1 aromatic rings.